The summed E-state index contributed by atoms with van der Waals surface area (Å²) in [5.74, 6) is 0. The van der Waals surface area contributed by atoms with Crippen LogP contribution >= 0.6 is 31.1 Å². The molecule has 1 aromatic carbocycles. The molecule has 4 heteroatoms. The van der Waals surface area contributed by atoms with Crippen molar-refractivity contribution in [3.63, 3.8) is 0 Å². The molecule has 21 heavy (non-hydrogen) atoms. The number of thiocarbonyl (C=S) groups is 1. The Kier molecular flexibility index (Phi) is 5.92. The standard InChI is InChI=1S/C17H27OPS2/c1-13(14-11-9-8-10-12-14)21-15(20)19(18,16(2,3)4)17(5,6)7/h8-13H,1-7H3/t13-/m0/s1. The van der Waals surface area contributed by atoms with Gasteiger partial charge in [-0.1, -0.05) is 84.1 Å². The summed E-state index contributed by atoms with van der Waals surface area (Å²) in [6.07, 6.45) is 0. The van der Waals surface area contributed by atoms with Crippen molar-refractivity contribution < 1.29 is 4.57 Å². The summed E-state index contributed by atoms with van der Waals surface area (Å²) in [5.41, 5.74) is 1.22. The second kappa shape index (κ2) is 6.56. The van der Waals surface area contributed by atoms with Gasteiger partial charge in [0.15, 0.2) is 0 Å². The third-order valence-corrected chi connectivity index (χ3v) is 11.0. The SMILES string of the molecule is C[C@H](SC(=S)P(=O)(C(C)(C)C)C(C)(C)C)c1ccccc1. The number of thioether (sulfide) groups is 1. The van der Waals surface area contributed by atoms with E-state index < -0.39 is 7.14 Å². The maximum atomic E-state index is 13.8. The molecule has 0 aromatic heterocycles. The van der Waals surface area contributed by atoms with E-state index >= 15 is 0 Å². The van der Waals surface area contributed by atoms with Gasteiger partial charge in [-0.3, -0.25) is 0 Å². The van der Waals surface area contributed by atoms with Gasteiger partial charge in [-0.05, 0) is 12.5 Å². The Morgan fingerprint density at radius 2 is 1.48 bits per heavy atom. The Labute approximate surface area is 139 Å². The maximum Gasteiger partial charge on any atom is 0.142 e. The summed E-state index contributed by atoms with van der Waals surface area (Å²) in [6, 6.07) is 10.3. The molecule has 0 bridgehead atoms. The molecule has 0 amide bonds. The molecule has 0 unspecified atom stereocenters. The molecule has 0 aliphatic carbocycles. The minimum Gasteiger partial charge on any atom is -0.316 e. The van der Waals surface area contributed by atoms with Gasteiger partial charge >= 0.3 is 0 Å². The Hall–Kier alpha value is -0.110. The molecule has 0 aliphatic rings. The van der Waals surface area contributed by atoms with Crippen molar-refractivity contribution in [2.75, 3.05) is 0 Å². The second-order valence-electron chi connectivity index (χ2n) is 7.39. The van der Waals surface area contributed by atoms with E-state index in [0.29, 0.717) is 3.94 Å². The molecule has 1 aromatic rings. The van der Waals surface area contributed by atoms with Crippen molar-refractivity contribution in [3.8, 4) is 0 Å². The smallest absolute Gasteiger partial charge is 0.142 e. The lowest BCUT2D eigenvalue weighted by Gasteiger charge is -2.41. The van der Waals surface area contributed by atoms with Crippen LogP contribution in [0.1, 0.15) is 59.3 Å². The van der Waals surface area contributed by atoms with Crippen LogP contribution in [0.25, 0.3) is 0 Å². The first kappa shape index (κ1) is 18.9. The molecule has 0 heterocycles. The van der Waals surface area contributed by atoms with E-state index in [4.69, 9.17) is 12.2 Å². The average Bonchev–Trinajstić information content (AvgIpc) is 2.35. The highest BCUT2D eigenvalue weighted by Gasteiger charge is 2.49. The zero-order chi connectivity index (χ0) is 16.5. The van der Waals surface area contributed by atoms with Crippen LogP contribution in [0.15, 0.2) is 30.3 Å². The monoisotopic (exact) mass is 342 g/mol. The topological polar surface area (TPSA) is 17.1 Å². The average molecular weight is 343 g/mol. The van der Waals surface area contributed by atoms with Crippen LogP contribution in [0.5, 0.6) is 0 Å². The van der Waals surface area contributed by atoms with Gasteiger partial charge in [-0.25, -0.2) is 0 Å². The van der Waals surface area contributed by atoms with E-state index in [1.165, 1.54) is 5.56 Å². The molecule has 1 nitrogen and oxygen atoms in total. The molecule has 0 spiro atoms. The largest absolute Gasteiger partial charge is 0.316 e. The minimum atomic E-state index is -2.66. The number of benzene rings is 1. The summed E-state index contributed by atoms with van der Waals surface area (Å²) < 4.78 is 14.4. The van der Waals surface area contributed by atoms with Crippen LogP contribution in [0, 0.1) is 0 Å². The van der Waals surface area contributed by atoms with Crippen LogP contribution in [0.3, 0.4) is 0 Å². The molecular weight excluding hydrogens is 315 g/mol. The second-order valence-corrected chi connectivity index (χ2v) is 14.4. The molecule has 0 N–H and O–H groups in total. The summed E-state index contributed by atoms with van der Waals surface area (Å²) in [5, 5.41) is -0.408. The van der Waals surface area contributed by atoms with E-state index in [0.717, 1.165) is 0 Å². The van der Waals surface area contributed by atoms with E-state index in [1.54, 1.807) is 11.8 Å². The van der Waals surface area contributed by atoms with Crippen molar-refractivity contribution >= 4 is 35.1 Å². The Morgan fingerprint density at radius 3 is 1.86 bits per heavy atom. The highest BCUT2D eigenvalue weighted by atomic mass is 32.2. The Bertz CT molecular complexity index is 520. The lowest BCUT2D eigenvalue weighted by molar-refractivity contribution is 0.531. The van der Waals surface area contributed by atoms with Crippen LogP contribution < -0.4 is 0 Å². The molecule has 1 atom stereocenters. The first-order valence-electron chi connectivity index (χ1n) is 7.27. The zero-order valence-corrected chi connectivity index (χ0v) is 16.7. The molecule has 0 saturated carbocycles. The molecule has 118 valence electrons. The van der Waals surface area contributed by atoms with Gasteiger partial charge < -0.3 is 4.57 Å². The number of hydrogen-bond donors (Lipinski definition) is 0. The highest BCUT2D eigenvalue weighted by Crippen LogP contribution is 2.70. The first-order valence-corrected chi connectivity index (χ1v) is 10.3. The highest BCUT2D eigenvalue weighted by molar-refractivity contribution is 8.37. The Balaban J connectivity index is 3.08. The van der Waals surface area contributed by atoms with Gasteiger partial charge in [-0.15, -0.1) is 11.8 Å². The zero-order valence-electron chi connectivity index (χ0n) is 14.1. The lowest BCUT2D eigenvalue weighted by Crippen LogP contribution is -2.31. The fourth-order valence-corrected chi connectivity index (χ4v) is 11.1. The van der Waals surface area contributed by atoms with E-state index in [2.05, 4.69) is 19.1 Å². The molecule has 0 radical (unpaired) electrons. The molecule has 1 rings (SSSR count). The predicted octanol–water partition coefficient (Wildman–Crippen LogP) is 6.73. The summed E-state index contributed by atoms with van der Waals surface area (Å²) in [4.78, 5) is 0. The number of hydrogen-bond acceptors (Lipinski definition) is 3. The normalized spacial score (nSPS) is 14.8. The van der Waals surface area contributed by atoms with Crippen molar-refractivity contribution in [2.45, 2.75) is 64.0 Å². The summed E-state index contributed by atoms with van der Waals surface area (Å²) in [6.45, 7) is 14.4. The summed E-state index contributed by atoms with van der Waals surface area (Å²) in [7, 11) is -2.66. The van der Waals surface area contributed by atoms with Gasteiger partial charge in [0.2, 0.25) is 0 Å². The molecular formula is C17H27OPS2. The van der Waals surface area contributed by atoms with Crippen molar-refractivity contribution in [3.05, 3.63) is 35.9 Å². The van der Waals surface area contributed by atoms with Crippen LogP contribution in [0.4, 0.5) is 0 Å². The van der Waals surface area contributed by atoms with Gasteiger partial charge in [-0.2, -0.15) is 0 Å². The van der Waals surface area contributed by atoms with Gasteiger partial charge in [0.1, 0.15) is 11.1 Å². The lowest BCUT2D eigenvalue weighted by atomic mass is 10.2. The van der Waals surface area contributed by atoms with E-state index in [-0.39, 0.29) is 15.6 Å². The van der Waals surface area contributed by atoms with Gasteiger partial charge in [0, 0.05) is 15.6 Å². The Morgan fingerprint density at radius 1 is 1.05 bits per heavy atom. The van der Waals surface area contributed by atoms with E-state index in [9.17, 15) is 4.57 Å². The molecule has 0 fully saturated rings. The first-order chi connectivity index (χ1) is 9.41. The van der Waals surface area contributed by atoms with Gasteiger partial charge in [0.25, 0.3) is 0 Å². The van der Waals surface area contributed by atoms with Crippen molar-refractivity contribution in [1.29, 1.82) is 0 Å². The molecule has 0 aliphatic heterocycles. The maximum absolute atomic E-state index is 13.8. The van der Waals surface area contributed by atoms with E-state index in [1.807, 2.05) is 59.7 Å². The van der Waals surface area contributed by atoms with Crippen LogP contribution in [-0.4, -0.2) is 14.2 Å². The third-order valence-electron chi connectivity index (χ3n) is 3.69. The van der Waals surface area contributed by atoms with Gasteiger partial charge in [0.05, 0.1) is 0 Å². The fourth-order valence-electron chi connectivity index (χ4n) is 2.57. The van der Waals surface area contributed by atoms with Crippen LogP contribution in [0.2, 0.25) is 0 Å². The van der Waals surface area contributed by atoms with Crippen molar-refractivity contribution in [2.24, 2.45) is 0 Å². The summed E-state index contributed by atoms with van der Waals surface area (Å²) >= 11 is 7.24. The number of rotatable bonds is 3. The predicted molar refractivity (Wildman–Crippen MR) is 102 cm³/mol. The van der Waals surface area contributed by atoms with Crippen LogP contribution in [-0.2, 0) is 4.57 Å². The fraction of sp³-hybridized carbons (Fsp3) is 0.588. The molecule has 0 saturated heterocycles. The minimum absolute atomic E-state index is 0.219. The quantitative estimate of drug-likeness (QED) is 0.448. The third kappa shape index (κ3) is 4.00. The van der Waals surface area contributed by atoms with Crippen molar-refractivity contribution in [1.82, 2.24) is 0 Å².